The van der Waals surface area contributed by atoms with E-state index in [0.29, 0.717) is 4.88 Å². The van der Waals surface area contributed by atoms with Crippen LogP contribution in [0.1, 0.15) is 33.7 Å². The molecular formula is C10H18N4OS. The smallest absolute Gasteiger partial charge is 0.277 e. The minimum absolute atomic E-state index is 0.244. The zero-order chi connectivity index (χ0) is 12.1. The molecule has 1 aromatic heterocycles. The first-order valence-electron chi connectivity index (χ1n) is 5.22. The molecule has 0 saturated carbocycles. The predicted octanol–water partition coefficient (Wildman–Crippen LogP) is 0.761. The molecule has 0 aliphatic carbocycles. The third-order valence-electron chi connectivity index (χ3n) is 2.02. The van der Waals surface area contributed by atoms with Crippen LogP contribution in [0.15, 0.2) is 0 Å². The fourth-order valence-corrected chi connectivity index (χ4v) is 2.52. The molecule has 0 radical (unpaired) electrons. The Kier molecular flexibility index (Phi) is 4.85. The zero-order valence-electron chi connectivity index (χ0n) is 9.91. The van der Waals surface area contributed by atoms with Crippen LogP contribution in [0.5, 0.6) is 0 Å². The number of nitrogen functional groups attached to an aromatic ring is 1. The molecule has 0 bridgehead atoms. The molecular weight excluding hydrogens is 224 g/mol. The van der Waals surface area contributed by atoms with Crippen molar-refractivity contribution in [3.63, 3.8) is 0 Å². The van der Waals surface area contributed by atoms with Gasteiger partial charge in [-0.2, -0.15) is 0 Å². The molecule has 16 heavy (non-hydrogen) atoms. The van der Waals surface area contributed by atoms with Crippen molar-refractivity contribution < 1.29 is 4.79 Å². The van der Waals surface area contributed by atoms with Crippen molar-refractivity contribution in [2.75, 3.05) is 14.1 Å². The molecule has 0 aliphatic rings. The lowest BCUT2D eigenvalue weighted by Gasteiger charge is -2.04. The highest BCUT2D eigenvalue weighted by Gasteiger charge is 2.16. The number of aromatic nitrogens is 1. The summed E-state index contributed by atoms with van der Waals surface area (Å²) in [7, 11) is 3.95. The van der Waals surface area contributed by atoms with E-state index in [-0.39, 0.29) is 5.91 Å². The summed E-state index contributed by atoms with van der Waals surface area (Å²) in [5.41, 5.74) is 3.02. The molecule has 3 N–H and O–H groups in total. The number of thiazole rings is 1. The second-order valence-electron chi connectivity index (χ2n) is 3.84. The van der Waals surface area contributed by atoms with E-state index < -0.39 is 0 Å². The number of hydrogen-bond acceptors (Lipinski definition) is 5. The van der Waals surface area contributed by atoms with E-state index in [4.69, 9.17) is 5.84 Å². The maximum atomic E-state index is 11.5. The number of nitrogens with zero attached hydrogens (tertiary/aromatic N) is 2. The molecule has 0 unspecified atom stereocenters. The van der Waals surface area contributed by atoms with Crippen LogP contribution in [0, 0.1) is 0 Å². The Morgan fingerprint density at radius 1 is 1.56 bits per heavy atom. The molecule has 0 atom stereocenters. The van der Waals surface area contributed by atoms with Gasteiger partial charge in [-0.05, 0) is 20.5 Å². The number of aryl methyl sites for hydroxylation is 1. The Bertz CT molecular complexity index is 362. The van der Waals surface area contributed by atoms with E-state index in [1.54, 1.807) is 0 Å². The SMILES string of the molecule is CCCc1nc(CN(C)C)sc1C(=O)NN. The van der Waals surface area contributed by atoms with E-state index in [1.807, 2.05) is 19.0 Å². The molecule has 0 aliphatic heterocycles. The summed E-state index contributed by atoms with van der Waals surface area (Å²) in [6, 6.07) is 0. The van der Waals surface area contributed by atoms with Crippen molar-refractivity contribution in [2.45, 2.75) is 26.3 Å². The highest BCUT2D eigenvalue weighted by Crippen LogP contribution is 2.20. The standard InChI is InChI=1S/C10H18N4OS/c1-4-5-7-9(10(15)13-11)16-8(12-7)6-14(2)3/h4-6,11H2,1-3H3,(H,13,15). The number of nitrogens with two attached hydrogens (primary N) is 1. The lowest BCUT2D eigenvalue weighted by molar-refractivity contribution is 0.0956. The van der Waals surface area contributed by atoms with Crippen LogP contribution in [0.25, 0.3) is 0 Å². The topological polar surface area (TPSA) is 71.2 Å². The highest BCUT2D eigenvalue weighted by atomic mass is 32.1. The van der Waals surface area contributed by atoms with Crippen LogP contribution in [-0.2, 0) is 13.0 Å². The van der Waals surface area contributed by atoms with Crippen LogP contribution in [0.3, 0.4) is 0 Å². The number of nitrogens with one attached hydrogen (secondary N) is 1. The maximum Gasteiger partial charge on any atom is 0.277 e. The summed E-state index contributed by atoms with van der Waals surface area (Å²) in [6.45, 7) is 2.81. The Balaban J connectivity index is 2.95. The largest absolute Gasteiger partial charge is 0.303 e. The molecule has 1 rings (SSSR count). The molecule has 6 heteroatoms. The molecule has 90 valence electrons. The van der Waals surface area contributed by atoms with Crippen LogP contribution >= 0.6 is 11.3 Å². The summed E-state index contributed by atoms with van der Waals surface area (Å²) >= 11 is 1.42. The second kappa shape index (κ2) is 5.93. The zero-order valence-corrected chi connectivity index (χ0v) is 10.7. The normalized spacial score (nSPS) is 10.8. The van der Waals surface area contributed by atoms with Gasteiger partial charge in [0.15, 0.2) is 0 Å². The lowest BCUT2D eigenvalue weighted by atomic mass is 10.2. The third kappa shape index (κ3) is 3.26. The van der Waals surface area contributed by atoms with Crippen molar-refractivity contribution >= 4 is 17.2 Å². The molecule has 5 nitrogen and oxygen atoms in total. The molecule has 0 saturated heterocycles. The van der Waals surface area contributed by atoms with Gasteiger partial charge in [-0.15, -0.1) is 11.3 Å². The Hall–Kier alpha value is -0.980. The predicted molar refractivity (Wildman–Crippen MR) is 65.2 cm³/mol. The van der Waals surface area contributed by atoms with Gasteiger partial charge in [0.05, 0.1) is 5.69 Å². The monoisotopic (exact) mass is 242 g/mol. The first-order valence-corrected chi connectivity index (χ1v) is 6.04. The number of carbonyl (C=O) groups excluding carboxylic acids is 1. The van der Waals surface area contributed by atoms with Gasteiger partial charge < -0.3 is 4.90 Å². The van der Waals surface area contributed by atoms with Gasteiger partial charge in [0, 0.05) is 6.54 Å². The van der Waals surface area contributed by atoms with Crippen LogP contribution in [0.2, 0.25) is 0 Å². The van der Waals surface area contributed by atoms with E-state index >= 15 is 0 Å². The van der Waals surface area contributed by atoms with E-state index in [0.717, 1.165) is 30.1 Å². The van der Waals surface area contributed by atoms with Crippen LogP contribution in [0.4, 0.5) is 0 Å². The average molecular weight is 242 g/mol. The van der Waals surface area contributed by atoms with Gasteiger partial charge >= 0.3 is 0 Å². The van der Waals surface area contributed by atoms with Gasteiger partial charge in [-0.25, -0.2) is 10.8 Å². The molecule has 0 spiro atoms. The molecule has 1 amide bonds. The fourth-order valence-electron chi connectivity index (χ4n) is 1.39. The number of rotatable bonds is 5. The molecule has 1 heterocycles. The molecule has 0 fully saturated rings. The summed E-state index contributed by atoms with van der Waals surface area (Å²) in [5.74, 6) is 4.90. The van der Waals surface area contributed by atoms with Crippen molar-refractivity contribution in [3.8, 4) is 0 Å². The minimum atomic E-state index is -0.244. The fraction of sp³-hybridized carbons (Fsp3) is 0.600. The first kappa shape index (κ1) is 13.1. The number of hydrogen-bond donors (Lipinski definition) is 2. The van der Waals surface area contributed by atoms with Gasteiger partial charge in [0.1, 0.15) is 9.88 Å². The second-order valence-corrected chi connectivity index (χ2v) is 4.93. The van der Waals surface area contributed by atoms with Gasteiger partial charge in [0.2, 0.25) is 0 Å². The maximum absolute atomic E-state index is 11.5. The third-order valence-corrected chi connectivity index (χ3v) is 3.10. The van der Waals surface area contributed by atoms with Crippen molar-refractivity contribution in [1.82, 2.24) is 15.3 Å². The van der Waals surface area contributed by atoms with Gasteiger partial charge in [-0.1, -0.05) is 13.3 Å². The Labute approximate surface area is 99.6 Å². The quantitative estimate of drug-likeness (QED) is 0.454. The average Bonchev–Trinajstić information content (AvgIpc) is 2.59. The van der Waals surface area contributed by atoms with Gasteiger partial charge in [0.25, 0.3) is 5.91 Å². The molecule has 0 aromatic carbocycles. The Morgan fingerprint density at radius 3 is 2.75 bits per heavy atom. The minimum Gasteiger partial charge on any atom is -0.303 e. The van der Waals surface area contributed by atoms with E-state index in [2.05, 4.69) is 17.3 Å². The highest BCUT2D eigenvalue weighted by molar-refractivity contribution is 7.13. The summed E-state index contributed by atoms with van der Waals surface area (Å²) in [4.78, 5) is 18.7. The van der Waals surface area contributed by atoms with Crippen molar-refractivity contribution in [1.29, 1.82) is 0 Å². The number of carbonyl (C=O) groups is 1. The Morgan fingerprint density at radius 2 is 2.25 bits per heavy atom. The van der Waals surface area contributed by atoms with Crippen molar-refractivity contribution in [2.24, 2.45) is 5.84 Å². The lowest BCUT2D eigenvalue weighted by Crippen LogP contribution is -2.30. The molecule has 1 aromatic rings. The summed E-state index contributed by atoms with van der Waals surface area (Å²) in [6.07, 6.45) is 1.78. The summed E-state index contributed by atoms with van der Waals surface area (Å²) < 4.78 is 0. The van der Waals surface area contributed by atoms with Crippen LogP contribution < -0.4 is 11.3 Å². The van der Waals surface area contributed by atoms with Gasteiger partial charge in [-0.3, -0.25) is 10.2 Å². The van der Waals surface area contributed by atoms with Crippen molar-refractivity contribution in [3.05, 3.63) is 15.6 Å². The van der Waals surface area contributed by atoms with E-state index in [1.165, 1.54) is 11.3 Å². The summed E-state index contributed by atoms with van der Waals surface area (Å²) in [5, 5.41) is 0.951. The van der Waals surface area contributed by atoms with E-state index in [9.17, 15) is 4.79 Å². The first-order chi connectivity index (χ1) is 7.58. The number of hydrazine groups is 1. The number of amides is 1. The van der Waals surface area contributed by atoms with Crippen LogP contribution in [-0.4, -0.2) is 29.9 Å².